The number of terminal acetylenes is 1. The molecule has 0 aromatic carbocycles. The molecule has 0 spiro atoms. The average molecular weight is 111 g/mol. The molecule has 1 heteroatoms. The number of rotatable bonds is 2. The first-order valence-corrected chi connectivity index (χ1v) is 2.88. The summed E-state index contributed by atoms with van der Waals surface area (Å²) < 4.78 is 0. The summed E-state index contributed by atoms with van der Waals surface area (Å²) in [5, 5.41) is 0. The van der Waals surface area contributed by atoms with Crippen molar-refractivity contribution in [1.29, 1.82) is 0 Å². The van der Waals surface area contributed by atoms with Crippen LogP contribution >= 0.6 is 0 Å². The van der Waals surface area contributed by atoms with Crippen molar-refractivity contribution in [2.24, 2.45) is 11.7 Å². The molecule has 0 aromatic rings. The van der Waals surface area contributed by atoms with Crippen LogP contribution in [0.2, 0.25) is 0 Å². The van der Waals surface area contributed by atoms with Crippen LogP contribution in [0, 0.1) is 18.3 Å². The highest BCUT2D eigenvalue weighted by Gasteiger charge is 1.98. The van der Waals surface area contributed by atoms with E-state index in [4.69, 9.17) is 12.2 Å². The van der Waals surface area contributed by atoms with Gasteiger partial charge in [0.25, 0.3) is 0 Å². The normalized spacial score (nSPS) is 13.4. The van der Waals surface area contributed by atoms with Gasteiger partial charge in [0.05, 0.1) is 6.04 Å². The van der Waals surface area contributed by atoms with Crippen LogP contribution in [0.15, 0.2) is 0 Å². The fourth-order valence-electron chi connectivity index (χ4n) is 0.576. The number of hydrogen-bond donors (Lipinski definition) is 1. The molecule has 46 valence electrons. The maximum Gasteiger partial charge on any atom is 0.0664 e. The zero-order valence-electron chi connectivity index (χ0n) is 5.52. The van der Waals surface area contributed by atoms with E-state index in [2.05, 4.69) is 19.8 Å². The lowest BCUT2D eigenvalue weighted by molar-refractivity contribution is 0.554. The van der Waals surface area contributed by atoms with Crippen LogP contribution in [0.1, 0.15) is 20.3 Å². The molecule has 1 atom stereocenters. The van der Waals surface area contributed by atoms with Crippen LogP contribution < -0.4 is 5.73 Å². The summed E-state index contributed by atoms with van der Waals surface area (Å²) in [6, 6.07) is -0.0463. The topological polar surface area (TPSA) is 26.0 Å². The van der Waals surface area contributed by atoms with Gasteiger partial charge in [-0.3, -0.25) is 0 Å². The van der Waals surface area contributed by atoms with Gasteiger partial charge in [-0.15, -0.1) is 6.42 Å². The SMILES string of the molecule is C#C[C@@H](N)CC(C)C. The van der Waals surface area contributed by atoms with E-state index in [1.807, 2.05) is 0 Å². The van der Waals surface area contributed by atoms with Crippen molar-refractivity contribution in [3.8, 4) is 12.3 Å². The molecule has 0 fully saturated rings. The molecule has 1 nitrogen and oxygen atoms in total. The molecule has 0 saturated carbocycles. The van der Waals surface area contributed by atoms with Gasteiger partial charge in [-0.1, -0.05) is 19.8 Å². The van der Waals surface area contributed by atoms with Crippen LogP contribution in [0.4, 0.5) is 0 Å². The van der Waals surface area contributed by atoms with Gasteiger partial charge in [0.15, 0.2) is 0 Å². The van der Waals surface area contributed by atoms with E-state index in [0.717, 1.165) is 6.42 Å². The summed E-state index contributed by atoms with van der Waals surface area (Å²) >= 11 is 0. The lowest BCUT2D eigenvalue weighted by Gasteiger charge is -2.05. The minimum absolute atomic E-state index is 0.0463. The average Bonchev–Trinajstić information content (AvgIpc) is 1.65. The van der Waals surface area contributed by atoms with Crippen molar-refractivity contribution in [2.75, 3.05) is 0 Å². The van der Waals surface area contributed by atoms with Gasteiger partial charge in [-0.2, -0.15) is 0 Å². The Hall–Kier alpha value is -0.480. The quantitative estimate of drug-likeness (QED) is 0.528. The predicted molar refractivity (Wildman–Crippen MR) is 36.3 cm³/mol. The van der Waals surface area contributed by atoms with Gasteiger partial charge in [0, 0.05) is 0 Å². The Balaban J connectivity index is 3.28. The van der Waals surface area contributed by atoms with E-state index in [-0.39, 0.29) is 6.04 Å². The van der Waals surface area contributed by atoms with Gasteiger partial charge in [0.2, 0.25) is 0 Å². The molecule has 0 rings (SSSR count). The summed E-state index contributed by atoms with van der Waals surface area (Å²) in [5.41, 5.74) is 5.44. The Labute approximate surface area is 51.3 Å². The van der Waals surface area contributed by atoms with Crippen LogP contribution in [0.25, 0.3) is 0 Å². The van der Waals surface area contributed by atoms with Gasteiger partial charge in [-0.25, -0.2) is 0 Å². The summed E-state index contributed by atoms with van der Waals surface area (Å²) in [6.45, 7) is 4.22. The van der Waals surface area contributed by atoms with Crippen molar-refractivity contribution in [3.63, 3.8) is 0 Å². The zero-order chi connectivity index (χ0) is 6.57. The molecule has 0 radical (unpaired) electrons. The van der Waals surface area contributed by atoms with E-state index in [9.17, 15) is 0 Å². The summed E-state index contributed by atoms with van der Waals surface area (Å²) in [7, 11) is 0. The molecule has 0 amide bonds. The molecule has 0 bridgehead atoms. The Morgan fingerprint density at radius 3 is 2.25 bits per heavy atom. The van der Waals surface area contributed by atoms with Crippen LogP contribution in [-0.4, -0.2) is 6.04 Å². The maximum absolute atomic E-state index is 5.44. The van der Waals surface area contributed by atoms with Crippen LogP contribution in [-0.2, 0) is 0 Å². The highest BCUT2D eigenvalue weighted by atomic mass is 14.6. The monoisotopic (exact) mass is 111 g/mol. The predicted octanol–water partition coefficient (Wildman–Crippen LogP) is 0.993. The minimum atomic E-state index is -0.0463. The summed E-state index contributed by atoms with van der Waals surface area (Å²) in [4.78, 5) is 0. The molecule has 0 aromatic heterocycles. The second-order valence-corrected chi connectivity index (χ2v) is 2.40. The molecule has 0 aliphatic heterocycles. The van der Waals surface area contributed by atoms with Gasteiger partial charge < -0.3 is 5.73 Å². The first kappa shape index (κ1) is 7.52. The van der Waals surface area contributed by atoms with Crippen LogP contribution in [0.3, 0.4) is 0 Å². The smallest absolute Gasteiger partial charge is 0.0664 e. The highest BCUT2D eigenvalue weighted by molar-refractivity contribution is 4.96. The molecular formula is C7H13N. The van der Waals surface area contributed by atoms with E-state index in [0.29, 0.717) is 5.92 Å². The molecule has 0 saturated heterocycles. The Kier molecular flexibility index (Phi) is 3.30. The van der Waals surface area contributed by atoms with E-state index in [1.165, 1.54) is 0 Å². The maximum atomic E-state index is 5.44. The minimum Gasteiger partial charge on any atom is -0.318 e. The zero-order valence-corrected chi connectivity index (χ0v) is 5.52. The second-order valence-electron chi connectivity index (χ2n) is 2.40. The van der Waals surface area contributed by atoms with Gasteiger partial charge >= 0.3 is 0 Å². The lowest BCUT2D eigenvalue weighted by atomic mass is 10.1. The van der Waals surface area contributed by atoms with Gasteiger partial charge in [-0.05, 0) is 12.3 Å². The Morgan fingerprint density at radius 1 is 1.62 bits per heavy atom. The standard InChI is InChI=1S/C7H13N/c1-4-7(8)5-6(2)3/h1,6-7H,5,8H2,2-3H3/t7-/m1/s1. The van der Waals surface area contributed by atoms with Crippen molar-refractivity contribution in [3.05, 3.63) is 0 Å². The fraction of sp³-hybridized carbons (Fsp3) is 0.714. The Bertz CT molecular complexity index is 89.1. The van der Waals surface area contributed by atoms with Crippen LogP contribution in [0.5, 0.6) is 0 Å². The first-order valence-electron chi connectivity index (χ1n) is 2.88. The molecule has 0 aliphatic rings. The summed E-state index contributed by atoms with van der Waals surface area (Å²) in [6.07, 6.45) is 5.97. The van der Waals surface area contributed by atoms with Gasteiger partial charge in [0.1, 0.15) is 0 Å². The third-order valence-electron chi connectivity index (χ3n) is 0.939. The first-order chi connectivity index (χ1) is 3.66. The molecule has 0 aliphatic carbocycles. The van der Waals surface area contributed by atoms with Crippen molar-refractivity contribution in [1.82, 2.24) is 0 Å². The highest BCUT2D eigenvalue weighted by Crippen LogP contribution is 2.00. The molecule has 0 unspecified atom stereocenters. The van der Waals surface area contributed by atoms with Crippen molar-refractivity contribution in [2.45, 2.75) is 26.3 Å². The van der Waals surface area contributed by atoms with E-state index >= 15 is 0 Å². The van der Waals surface area contributed by atoms with Crippen molar-refractivity contribution >= 4 is 0 Å². The van der Waals surface area contributed by atoms with Crippen molar-refractivity contribution < 1.29 is 0 Å². The number of hydrogen-bond acceptors (Lipinski definition) is 1. The van der Waals surface area contributed by atoms with E-state index in [1.54, 1.807) is 0 Å². The molecular weight excluding hydrogens is 98.1 g/mol. The second kappa shape index (κ2) is 3.51. The third-order valence-corrected chi connectivity index (χ3v) is 0.939. The third kappa shape index (κ3) is 3.70. The van der Waals surface area contributed by atoms with E-state index < -0.39 is 0 Å². The summed E-state index contributed by atoms with van der Waals surface area (Å²) in [5.74, 6) is 3.09. The fourth-order valence-corrected chi connectivity index (χ4v) is 0.576. The molecule has 8 heavy (non-hydrogen) atoms. The number of nitrogens with two attached hydrogens (primary N) is 1. The lowest BCUT2D eigenvalue weighted by Crippen LogP contribution is -2.19. The Morgan fingerprint density at radius 2 is 2.12 bits per heavy atom. The largest absolute Gasteiger partial charge is 0.318 e. The molecule has 2 N–H and O–H groups in total. The molecule has 0 heterocycles.